The number of alkyl halides is 1. The lowest BCUT2D eigenvalue weighted by atomic mass is 10.2. The molecular formula is C13H17ClFN2O8P. The maximum Gasteiger partial charge on any atom is 0.330 e. The van der Waals surface area contributed by atoms with Gasteiger partial charge in [-0.3, -0.25) is 23.7 Å². The van der Waals surface area contributed by atoms with Gasteiger partial charge < -0.3 is 19.3 Å². The number of nitrogens with one attached hydrogen (secondary N) is 1. The van der Waals surface area contributed by atoms with Crippen molar-refractivity contribution >= 4 is 25.0 Å². The molecule has 0 saturated carbocycles. The zero-order chi connectivity index (χ0) is 19.5. The van der Waals surface area contributed by atoms with Crippen LogP contribution in [0.1, 0.15) is 19.1 Å². The number of Topliss-reactive ketones (excluding diaryl/α,β-unsaturated/α-hetero) is 1. The molecule has 3 N–H and O–H groups in total. The number of ether oxygens (including phenoxy) is 2. The summed E-state index contributed by atoms with van der Waals surface area (Å²) in [6, 6.07) is 0. The highest BCUT2D eigenvalue weighted by Crippen LogP contribution is 2.35. The Bertz CT molecular complexity index is 821. The van der Waals surface area contributed by atoms with Crippen molar-refractivity contribution in [1.82, 2.24) is 9.55 Å². The highest BCUT2D eigenvalue weighted by Gasteiger charge is 2.37. The minimum atomic E-state index is -4.27. The number of ketones is 1. The van der Waals surface area contributed by atoms with Crippen LogP contribution in [0.4, 0.5) is 4.39 Å². The van der Waals surface area contributed by atoms with Crippen molar-refractivity contribution in [3.8, 4) is 0 Å². The molecule has 10 nitrogen and oxygen atoms in total. The van der Waals surface area contributed by atoms with Gasteiger partial charge in [-0.05, 0) is 0 Å². The third kappa shape index (κ3) is 5.83. The molecular weight excluding hydrogens is 398 g/mol. The van der Waals surface area contributed by atoms with Crippen LogP contribution in [0.25, 0.3) is 0 Å². The standard InChI is InChI=1S/C13H17ClFN2O8P/c14-8-4-17(13(20)16-12(8)19)11-3-9(15)10(25-11)6-24-5-7(18)1-2-26(21,22)23/h4,9-11H,1-3,5-6H2,(H,16,19,20)(H2,21,22,23)/t9-,10+,11+/m0/s1. The first-order valence-electron chi connectivity index (χ1n) is 7.51. The lowest BCUT2D eigenvalue weighted by Crippen LogP contribution is -2.32. The summed E-state index contributed by atoms with van der Waals surface area (Å²) in [5.74, 6) is -0.540. The van der Waals surface area contributed by atoms with Crippen LogP contribution in [0.15, 0.2) is 15.8 Å². The Kier molecular flexibility index (Phi) is 6.89. The molecule has 146 valence electrons. The van der Waals surface area contributed by atoms with E-state index in [0.29, 0.717) is 0 Å². The molecule has 0 unspecified atom stereocenters. The molecule has 1 aromatic heterocycles. The number of carbonyl (C=O) groups excluding carboxylic acids is 1. The number of carbonyl (C=O) groups is 1. The van der Waals surface area contributed by atoms with E-state index in [2.05, 4.69) is 0 Å². The zero-order valence-corrected chi connectivity index (χ0v) is 15.0. The lowest BCUT2D eigenvalue weighted by Gasteiger charge is -2.15. The summed E-state index contributed by atoms with van der Waals surface area (Å²) in [5, 5.41) is -0.251. The van der Waals surface area contributed by atoms with Gasteiger partial charge in [0.05, 0.1) is 12.8 Å². The molecule has 0 bridgehead atoms. The van der Waals surface area contributed by atoms with Gasteiger partial charge in [0.25, 0.3) is 5.56 Å². The van der Waals surface area contributed by atoms with E-state index in [1.807, 2.05) is 4.98 Å². The number of nitrogens with zero attached hydrogens (tertiary/aromatic N) is 1. The van der Waals surface area contributed by atoms with E-state index in [1.54, 1.807) is 0 Å². The fourth-order valence-corrected chi connectivity index (χ4v) is 3.01. The van der Waals surface area contributed by atoms with Crippen LogP contribution in [0.2, 0.25) is 5.02 Å². The summed E-state index contributed by atoms with van der Waals surface area (Å²) >= 11 is 5.65. The van der Waals surface area contributed by atoms with E-state index in [1.165, 1.54) is 0 Å². The first-order valence-corrected chi connectivity index (χ1v) is 9.69. The van der Waals surface area contributed by atoms with Crippen molar-refractivity contribution < 1.29 is 33.0 Å². The predicted molar refractivity (Wildman–Crippen MR) is 87.1 cm³/mol. The normalized spacial score (nSPS) is 23.3. The summed E-state index contributed by atoms with van der Waals surface area (Å²) in [6.45, 7) is -0.729. The number of aromatic nitrogens is 2. The summed E-state index contributed by atoms with van der Waals surface area (Å²) in [6.07, 6.45) is -3.60. The number of hydrogen-bond acceptors (Lipinski definition) is 6. The number of hydrogen-bond donors (Lipinski definition) is 3. The second-order valence-corrected chi connectivity index (χ2v) is 7.90. The molecule has 1 fully saturated rings. The lowest BCUT2D eigenvalue weighted by molar-refractivity contribution is -0.125. The molecule has 26 heavy (non-hydrogen) atoms. The Balaban J connectivity index is 1.87. The molecule has 1 saturated heterocycles. The molecule has 1 aliphatic heterocycles. The second-order valence-electron chi connectivity index (χ2n) is 5.72. The molecule has 0 amide bonds. The van der Waals surface area contributed by atoms with E-state index >= 15 is 0 Å². The van der Waals surface area contributed by atoms with Gasteiger partial charge in [0, 0.05) is 19.0 Å². The van der Waals surface area contributed by atoms with Gasteiger partial charge >= 0.3 is 13.3 Å². The van der Waals surface area contributed by atoms with Gasteiger partial charge in [-0.2, -0.15) is 0 Å². The van der Waals surface area contributed by atoms with Crippen molar-refractivity contribution in [2.75, 3.05) is 19.4 Å². The van der Waals surface area contributed by atoms with Gasteiger partial charge in [-0.25, -0.2) is 9.18 Å². The SMILES string of the molecule is O=C(CCP(=O)(O)O)COC[C@H]1O[C@@H](n2cc(Cl)c(=O)[nH]c2=O)C[C@@H]1F. The van der Waals surface area contributed by atoms with Crippen LogP contribution < -0.4 is 11.2 Å². The zero-order valence-electron chi connectivity index (χ0n) is 13.3. The number of rotatable bonds is 8. The van der Waals surface area contributed by atoms with Gasteiger partial charge in [0.2, 0.25) is 0 Å². The molecule has 3 atom stereocenters. The maximum atomic E-state index is 14.1. The number of halogens is 2. The van der Waals surface area contributed by atoms with E-state index in [9.17, 15) is 23.3 Å². The minimum absolute atomic E-state index is 0.178. The first-order chi connectivity index (χ1) is 12.1. The van der Waals surface area contributed by atoms with E-state index in [-0.39, 0.29) is 24.5 Å². The largest absolute Gasteiger partial charge is 0.371 e. The second kappa shape index (κ2) is 8.55. The van der Waals surface area contributed by atoms with Gasteiger partial charge in [-0.15, -0.1) is 0 Å². The minimum Gasteiger partial charge on any atom is -0.371 e. The molecule has 0 aromatic carbocycles. The highest BCUT2D eigenvalue weighted by molar-refractivity contribution is 7.51. The van der Waals surface area contributed by atoms with Gasteiger partial charge in [0.1, 0.15) is 30.1 Å². The summed E-state index contributed by atoms with van der Waals surface area (Å²) < 4.78 is 36.1. The average molecular weight is 415 g/mol. The fraction of sp³-hybridized carbons (Fsp3) is 0.615. The van der Waals surface area contributed by atoms with Gasteiger partial charge in [0.15, 0.2) is 5.78 Å². The number of H-pyrrole nitrogens is 1. The van der Waals surface area contributed by atoms with Crippen molar-refractivity contribution in [1.29, 1.82) is 0 Å². The van der Waals surface area contributed by atoms with Crippen LogP contribution in [0, 0.1) is 0 Å². The Morgan fingerprint density at radius 1 is 1.50 bits per heavy atom. The van der Waals surface area contributed by atoms with E-state index in [0.717, 1.165) is 10.8 Å². The molecule has 13 heteroatoms. The third-order valence-electron chi connectivity index (χ3n) is 3.62. The van der Waals surface area contributed by atoms with Crippen LogP contribution in [-0.2, 0) is 18.8 Å². The molecule has 0 radical (unpaired) electrons. The van der Waals surface area contributed by atoms with Gasteiger partial charge in [-0.1, -0.05) is 11.6 Å². The molecule has 1 aliphatic rings. The summed E-state index contributed by atoms with van der Waals surface area (Å²) in [4.78, 5) is 53.8. The van der Waals surface area contributed by atoms with Crippen LogP contribution >= 0.6 is 19.2 Å². The number of aromatic amines is 1. The Morgan fingerprint density at radius 3 is 2.85 bits per heavy atom. The smallest absolute Gasteiger partial charge is 0.330 e. The van der Waals surface area contributed by atoms with Crippen molar-refractivity contribution in [2.24, 2.45) is 0 Å². The Hall–Kier alpha value is -1.36. The highest BCUT2D eigenvalue weighted by atomic mass is 35.5. The van der Waals surface area contributed by atoms with Crippen LogP contribution in [-0.4, -0.2) is 56.8 Å². The Labute approximate surface area is 151 Å². The van der Waals surface area contributed by atoms with E-state index < -0.39 is 55.9 Å². The fourth-order valence-electron chi connectivity index (χ4n) is 2.32. The molecule has 0 spiro atoms. The first kappa shape index (κ1) is 20.9. The monoisotopic (exact) mass is 414 g/mol. The molecule has 0 aliphatic carbocycles. The Morgan fingerprint density at radius 2 is 2.19 bits per heavy atom. The quantitative estimate of drug-likeness (QED) is 0.502. The molecule has 2 rings (SSSR count). The maximum absolute atomic E-state index is 14.1. The molecule has 1 aromatic rings. The third-order valence-corrected chi connectivity index (χ3v) is 4.70. The summed E-state index contributed by atoms with van der Waals surface area (Å²) in [7, 11) is -4.27. The van der Waals surface area contributed by atoms with Crippen LogP contribution in [0.5, 0.6) is 0 Å². The van der Waals surface area contributed by atoms with Crippen molar-refractivity contribution in [3.63, 3.8) is 0 Å². The summed E-state index contributed by atoms with van der Waals surface area (Å²) in [5.41, 5.74) is -1.57. The molecule has 2 heterocycles. The van der Waals surface area contributed by atoms with Crippen molar-refractivity contribution in [2.45, 2.75) is 31.3 Å². The predicted octanol–water partition coefficient (Wildman–Crippen LogP) is -0.0309. The average Bonchev–Trinajstić information content (AvgIpc) is 2.89. The van der Waals surface area contributed by atoms with Crippen molar-refractivity contribution in [3.05, 3.63) is 32.1 Å². The van der Waals surface area contributed by atoms with E-state index in [4.69, 9.17) is 30.9 Å². The van der Waals surface area contributed by atoms with Crippen LogP contribution in [0.3, 0.4) is 0 Å². The topological polar surface area (TPSA) is 148 Å².